The van der Waals surface area contributed by atoms with E-state index in [1.54, 1.807) is 35.2 Å². The number of hydrogen-bond donors (Lipinski definition) is 1. The van der Waals surface area contributed by atoms with Crippen LogP contribution in [0, 0.1) is 24.6 Å². The molecule has 0 spiro atoms. The lowest BCUT2D eigenvalue weighted by molar-refractivity contribution is 0.624. The smallest absolute Gasteiger partial charge is 0.150 e. The van der Waals surface area contributed by atoms with Crippen LogP contribution in [0.25, 0.3) is 0 Å². The average molecular weight is 292 g/mol. The summed E-state index contributed by atoms with van der Waals surface area (Å²) in [5.41, 5.74) is 7.75. The lowest BCUT2D eigenvalue weighted by Crippen LogP contribution is -1.94. The fraction of sp³-hybridized carbons (Fsp3) is 0.214. The lowest BCUT2D eigenvalue weighted by Gasteiger charge is -2.01. The van der Waals surface area contributed by atoms with Gasteiger partial charge in [-0.3, -0.25) is 0 Å². The molecule has 0 amide bonds. The highest BCUT2D eigenvalue weighted by Gasteiger charge is 2.04. The van der Waals surface area contributed by atoms with Crippen molar-refractivity contribution in [3.63, 3.8) is 0 Å². The molecule has 5 heteroatoms. The Morgan fingerprint density at radius 3 is 3.00 bits per heavy atom. The van der Waals surface area contributed by atoms with E-state index in [1.807, 2.05) is 12.3 Å². The van der Waals surface area contributed by atoms with Crippen LogP contribution in [0.15, 0.2) is 27.9 Å². The van der Waals surface area contributed by atoms with E-state index in [9.17, 15) is 4.39 Å². The lowest BCUT2D eigenvalue weighted by atomic mass is 10.1. The predicted molar refractivity (Wildman–Crippen MR) is 78.7 cm³/mol. The summed E-state index contributed by atoms with van der Waals surface area (Å²) in [4.78, 5) is 4.38. The number of nitrogens with two attached hydrogens (primary N) is 1. The molecule has 1 aromatic heterocycles. The number of halogens is 1. The van der Waals surface area contributed by atoms with Crippen LogP contribution in [-0.2, 0) is 5.75 Å². The summed E-state index contributed by atoms with van der Waals surface area (Å²) in [6.45, 7) is 2.20. The molecule has 0 unspecified atom stereocenters. The quantitative estimate of drug-likeness (QED) is 0.697. The summed E-state index contributed by atoms with van der Waals surface area (Å²) in [6.07, 6.45) is 0. The molecule has 2 nitrogen and oxygen atoms in total. The Morgan fingerprint density at radius 1 is 1.47 bits per heavy atom. The summed E-state index contributed by atoms with van der Waals surface area (Å²) in [6, 6.07) is 4.99. The first-order chi connectivity index (χ1) is 9.19. The van der Waals surface area contributed by atoms with Crippen molar-refractivity contribution in [3.05, 3.63) is 46.2 Å². The van der Waals surface area contributed by atoms with Crippen molar-refractivity contribution in [1.29, 1.82) is 0 Å². The van der Waals surface area contributed by atoms with Crippen molar-refractivity contribution in [3.8, 4) is 11.8 Å². The number of nitrogens with zero attached hydrogens (tertiary/aromatic N) is 1. The number of aryl methyl sites for hydroxylation is 1. The Balaban J connectivity index is 2.08. The van der Waals surface area contributed by atoms with Crippen molar-refractivity contribution >= 4 is 23.1 Å². The normalized spacial score (nSPS) is 10.1. The third-order valence-electron chi connectivity index (χ3n) is 2.32. The first kappa shape index (κ1) is 14.1. The first-order valence-electron chi connectivity index (χ1n) is 5.71. The third kappa shape index (κ3) is 4.06. The summed E-state index contributed by atoms with van der Waals surface area (Å²) in [5.74, 6) is 5.86. The molecular formula is C14H13FN2S2. The van der Waals surface area contributed by atoms with Gasteiger partial charge in [0.25, 0.3) is 0 Å². The first-order valence-corrected chi connectivity index (χ1v) is 7.58. The molecule has 2 N–H and O–H groups in total. The Labute approximate surface area is 120 Å². The minimum absolute atomic E-state index is 0.233. The summed E-state index contributed by atoms with van der Waals surface area (Å²) in [5, 5.41) is 2.02. The molecule has 1 aromatic carbocycles. The molecule has 0 aliphatic rings. The van der Waals surface area contributed by atoms with Crippen molar-refractivity contribution < 1.29 is 4.39 Å². The van der Waals surface area contributed by atoms with Crippen LogP contribution in [0.5, 0.6) is 0 Å². The van der Waals surface area contributed by atoms with E-state index in [0.717, 1.165) is 21.3 Å². The number of thiazole rings is 1. The summed E-state index contributed by atoms with van der Waals surface area (Å²) in [7, 11) is 0. The SMILES string of the molecule is Cc1csc(SCc2ccc(F)c(C#CCN)c2)n1. The van der Waals surface area contributed by atoms with Crippen molar-refractivity contribution in [2.45, 2.75) is 17.0 Å². The fourth-order valence-electron chi connectivity index (χ4n) is 1.45. The zero-order valence-corrected chi connectivity index (χ0v) is 12.1. The second-order valence-electron chi connectivity index (χ2n) is 3.86. The minimum atomic E-state index is -0.306. The van der Waals surface area contributed by atoms with E-state index in [1.165, 1.54) is 6.07 Å². The largest absolute Gasteiger partial charge is 0.320 e. The van der Waals surface area contributed by atoms with Gasteiger partial charge >= 0.3 is 0 Å². The molecule has 0 aliphatic heterocycles. The van der Waals surface area contributed by atoms with Crippen LogP contribution in [-0.4, -0.2) is 11.5 Å². The van der Waals surface area contributed by atoms with Gasteiger partial charge < -0.3 is 5.73 Å². The Morgan fingerprint density at radius 2 is 2.32 bits per heavy atom. The molecule has 0 saturated heterocycles. The van der Waals surface area contributed by atoms with Crippen molar-refractivity contribution in [2.24, 2.45) is 5.73 Å². The average Bonchev–Trinajstić information content (AvgIpc) is 2.82. The minimum Gasteiger partial charge on any atom is -0.320 e. The van der Waals surface area contributed by atoms with Crippen LogP contribution >= 0.6 is 23.1 Å². The molecule has 0 bridgehead atoms. The number of rotatable bonds is 3. The highest BCUT2D eigenvalue weighted by molar-refractivity contribution is 8.00. The van der Waals surface area contributed by atoms with E-state index >= 15 is 0 Å². The van der Waals surface area contributed by atoms with E-state index < -0.39 is 0 Å². The van der Waals surface area contributed by atoms with Gasteiger partial charge in [-0.15, -0.1) is 11.3 Å². The van der Waals surface area contributed by atoms with E-state index in [4.69, 9.17) is 5.73 Å². The highest BCUT2D eigenvalue weighted by Crippen LogP contribution is 2.26. The van der Waals surface area contributed by atoms with Crippen LogP contribution in [0.4, 0.5) is 4.39 Å². The monoisotopic (exact) mass is 292 g/mol. The number of thioether (sulfide) groups is 1. The number of benzene rings is 1. The fourth-order valence-corrected chi connectivity index (χ4v) is 3.24. The molecule has 2 aromatic rings. The third-order valence-corrected chi connectivity index (χ3v) is 4.53. The highest BCUT2D eigenvalue weighted by atomic mass is 32.2. The molecule has 98 valence electrons. The second kappa shape index (κ2) is 6.71. The van der Waals surface area contributed by atoms with Gasteiger partial charge in [0.15, 0.2) is 0 Å². The van der Waals surface area contributed by atoms with Gasteiger partial charge in [-0.1, -0.05) is 29.7 Å². The Kier molecular flexibility index (Phi) is 4.97. The summed E-state index contributed by atoms with van der Waals surface area (Å²) >= 11 is 3.27. The van der Waals surface area contributed by atoms with Crippen LogP contribution in [0.3, 0.4) is 0 Å². The van der Waals surface area contributed by atoms with Crippen LogP contribution in [0.1, 0.15) is 16.8 Å². The Hall–Kier alpha value is -1.35. The molecule has 1 heterocycles. The number of hydrogen-bond acceptors (Lipinski definition) is 4. The molecule has 2 rings (SSSR count). The number of aromatic nitrogens is 1. The van der Waals surface area contributed by atoms with E-state index in [-0.39, 0.29) is 12.4 Å². The van der Waals surface area contributed by atoms with Gasteiger partial charge in [0, 0.05) is 16.8 Å². The topological polar surface area (TPSA) is 38.9 Å². The van der Waals surface area contributed by atoms with Gasteiger partial charge in [0.1, 0.15) is 10.2 Å². The predicted octanol–water partition coefficient (Wildman–Crippen LogP) is 3.19. The summed E-state index contributed by atoms with van der Waals surface area (Å²) < 4.78 is 14.5. The standard InChI is InChI=1S/C14H13FN2S2/c1-10-8-18-14(17-10)19-9-11-4-5-13(15)12(7-11)3-2-6-16/h4-5,7-8H,6,9,16H2,1H3. The van der Waals surface area contributed by atoms with Crippen molar-refractivity contribution in [1.82, 2.24) is 4.98 Å². The van der Waals surface area contributed by atoms with Crippen LogP contribution in [0.2, 0.25) is 0 Å². The van der Waals surface area contributed by atoms with E-state index in [2.05, 4.69) is 16.8 Å². The second-order valence-corrected chi connectivity index (χ2v) is 5.94. The molecule has 0 aliphatic carbocycles. The maximum Gasteiger partial charge on any atom is 0.150 e. The molecule has 19 heavy (non-hydrogen) atoms. The van der Waals surface area contributed by atoms with Gasteiger partial charge in [-0.25, -0.2) is 9.37 Å². The van der Waals surface area contributed by atoms with Crippen molar-refractivity contribution in [2.75, 3.05) is 6.54 Å². The van der Waals surface area contributed by atoms with Gasteiger partial charge in [0.05, 0.1) is 12.1 Å². The zero-order chi connectivity index (χ0) is 13.7. The Bertz CT molecular complexity index is 626. The zero-order valence-electron chi connectivity index (χ0n) is 10.4. The van der Waals surface area contributed by atoms with Gasteiger partial charge in [-0.2, -0.15) is 0 Å². The van der Waals surface area contributed by atoms with E-state index in [0.29, 0.717) is 5.56 Å². The molecule has 0 saturated carbocycles. The van der Waals surface area contributed by atoms with Crippen LogP contribution < -0.4 is 5.73 Å². The van der Waals surface area contributed by atoms with Gasteiger partial charge in [0.2, 0.25) is 0 Å². The molecular weight excluding hydrogens is 279 g/mol. The maximum atomic E-state index is 13.5. The van der Waals surface area contributed by atoms with Gasteiger partial charge in [-0.05, 0) is 24.6 Å². The molecule has 0 fully saturated rings. The maximum absolute atomic E-state index is 13.5. The molecule has 0 radical (unpaired) electrons. The molecule has 0 atom stereocenters.